The largest absolute Gasteiger partial charge is 0.329 e. The summed E-state index contributed by atoms with van der Waals surface area (Å²) >= 11 is 0. The Kier molecular flexibility index (Phi) is 6.28. The summed E-state index contributed by atoms with van der Waals surface area (Å²) in [6.07, 6.45) is 2.42. The molecule has 26 heavy (non-hydrogen) atoms. The van der Waals surface area contributed by atoms with E-state index in [1.165, 1.54) is 11.8 Å². The van der Waals surface area contributed by atoms with Crippen molar-refractivity contribution in [2.24, 2.45) is 5.10 Å². The Morgan fingerprint density at radius 2 is 1.58 bits per heavy atom. The Labute approximate surface area is 154 Å². The molecule has 0 heterocycles. The summed E-state index contributed by atoms with van der Waals surface area (Å²) < 4.78 is 0. The number of aryl methyl sites for hydroxylation is 1. The predicted molar refractivity (Wildman–Crippen MR) is 105 cm³/mol. The Bertz CT molecular complexity index is 786. The van der Waals surface area contributed by atoms with Gasteiger partial charge >= 0.3 is 11.8 Å². The van der Waals surface area contributed by atoms with Crippen LogP contribution in [0.5, 0.6) is 0 Å². The molecule has 0 fully saturated rings. The van der Waals surface area contributed by atoms with Gasteiger partial charge in [0, 0.05) is 5.69 Å². The van der Waals surface area contributed by atoms with Crippen molar-refractivity contribution in [1.29, 1.82) is 0 Å². The molecule has 2 N–H and O–H groups in total. The van der Waals surface area contributed by atoms with Crippen LogP contribution in [0.1, 0.15) is 44.4 Å². The van der Waals surface area contributed by atoms with E-state index in [0.29, 0.717) is 5.69 Å². The number of hydrogen-bond acceptors (Lipinski definition) is 3. The van der Waals surface area contributed by atoms with Crippen LogP contribution in [0.4, 0.5) is 5.69 Å². The van der Waals surface area contributed by atoms with Crippen molar-refractivity contribution in [1.82, 2.24) is 5.43 Å². The molecule has 0 unspecified atom stereocenters. The molecule has 0 radical (unpaired) electrons. The fourth-order valence-corrected chi connectivity index (χ4v) is 2.30. The average molecular weight is 351 g/mol. The minimum absolute atomic E-state index is 0.0807. The van der Waals surface area contributed by atoms with Crippen molar-refractivity contribution in [3.63, 3.8) is 0 Å². The highest BCUT2D eigenvalue weighted by atomic mass is 16.2. The third-order valence-corrected chi connectivity index (χ3v) is 3.98. The smallest absolute Gasteiger partial charge is 0.318 e. The lowest BCUT2D eigenvalue weighted by molar-refractivity contribution is -0.136. The highest BCUT2D eigenvalue weighted by Crippen LogP contribution is 2.21. The van der Waals surface area contributed by atoms with Crippen LogP contribution in [-0.4, -0.2) is 18.0 Å². The average Bonchev–Trinajstić information content (AvgIpc) is 2.62. The summed E-state index contributed by atoms with van der Waals surface area (Å²) in [5.41, 5.74) is 6.11. The second-order valence-corrected chi connectivity index (χ2v) is 7.08. The summed E-state index contributed by atoms with van der Waals surface area (Å²) in [6.45, 7) is 8.48. The quantitative estimate of drug-likeness (QED) is 0.502. The molecule has 2 aromatic carbocycles. The molecule has 136 valence electrons. The summed E-state index contributed by atoms with van der Waals surface area (Å²) in [4.78, 5) is 23.7. The molecule has 5 nitrogen and oxygen atoms in total. The van der Waals surface area contributed by atoms with Crippen LogP contribution in [-0.2, 0) is 21.4 Å². The van der Waals surface area contributed by atoms with Crippen molar-refractivity contribution >= 4 is 23.7 Å². The molecule has 2 aromatic rings. The molecule has 0 spiro atoms. The third kappa shape index (κ3) is 5.55. The standard InChI is InChI=1S/C21H25N3O2/c1-5-15-8-12-18(13-9-15)23-19(25)20(26)24-22-14-16-6-10-17(11-7-16)21(2,3)4/h6-14H,5H2,1-4H3,(H,23,25)(H,24,26)/b22-14+. The Morgan fingerprint density at radius 3 is 2.12 bits per heavy atom. The summed E-state index contributed by atoms with van der Waals surface area (Å²) in [7, 11) is 0. The first-order chi connectivity index (χ1) is 12.3. The number of nitrogens with zero attached hydrogens (tertiary/aromatic N) is 1. The van der Waals surface area contributed by atoms with Crippen molar-refractivity contribution in [2.75, 3.05) is 5.32 Å². The van der Waals surface area contributed by atoms with E-state index < -0.39 is 11.8 Å². The topological polar surface area (TPSA) is 70.6 Å². The summed E-state index contributed by atoms with van der Waals surface area (Å²) in [5.74, 6) is -1.57. The van der Waals surface area contributed by atoms with E-state index in [4.69, 9.17) is 0 Å². The molecule has 0 saturated carbocycles. The Balaban J connectivity index is 1.88. The molecule has 0 aliphatic rings. The van der Waals surface area contributed by atoms with E-state index in [-0.39, 0.29) is 5.41 Å². The van der Waals surface area contributed by atoms with Crippen LogP contribution >= 0.6 is 0 Å². The molecule has 2 amide bonds. The molecular weight excluding hydrogens is 326 g/mol. The molecule has 0 aliphatic carbocycles. The lowest BCUT2D eigenvalue weighted by Crippen LogP contribution is -2.32. The summed E-state index contributed by atoms with van der Waals surface area (Å²) in [5, 5.41) is 6.38. The molecule has 0 aromatic heterocycles. The van der Waals surface area contributed by atoms with E-state index in [1.54, 1.807) is 12.1 Å². The number of hydrazone groups is 1. The molecular formula is C21H25N3O2. The molecule has 0 saturated heterocycles. The van der Waals surface area contributed by atoms with Crippen molar-refractivity contribution in [2.45, 2.75) is 39.5 Å². The first-order valence-corrected chi connectivity index (χ1v) is 8.63. The Hall–Kier alpha value is -2.95. The SMILES string of the molecule is CCc1ccc(NC(=O)C(=O)N/N=C/c2ccc(C(C)(C)C)cc2)cc1. The van der Waals surface area contributed by atoms with Crippen LogP contribution in [0.15, 0.2) is 53.6 Å². The number of rotatable bonds is 4. The maximum atomic E-state index is 11.9. The number of nitrogens with one attached hydrogen (secondary N) is 2. The van der Waals surface area contributed by atoms with Gasteiger partial charge in [-0.1, -0.05) is 64.1 Å². The second kappa shape index (κ2) is 8.43. The van der Waals surface area contributed by atoms with Gasteiger partial charge in [0.15, 0.2) is 0 Å². The fraction of sp³-hybridized carbons (Fsp3) is 0.286. The minimum Gasteiger partial charge on any atom is -0.318 e. The van der Waals surface area contributed by atoms with E-state index in [2.05, 4.69) is 43.5 Å². The van der Waals surface area contributed by atoms with Crippen LogP contribution in [0.2, 0.25) is 0 Å². The van der Waals surface area contributed by atoms with Crippen LogP contribution < -0.4 is 10.7 Å². The van der Waals surface area contributed by atoms with Gasteiger partial charge in [-0.3, -0.25) is 9.59 Å². The van der Waals surface area contributed by atoms with Crippen molar-refractivity contribution in [3.05, 3.63) is 65.2 Å². The van der Waals surface area contributed by atoms with E-state index in [0.717, 1.165) is 17.5 Å². The number of carbonyl (C=O) groups excluding carboxylic acids is 2. The van der Waals surface area contributed by atoms with Crippen LogP contribution in [0.3, 0.4) is 0 Å². The Morgan fingerprint density at radius 1 is 0.962 bits per heavy atom. The van der Waals surface area contributed by atoms with Gasteiger partial charge in [-0.05, 0) is 40.7 Å². The van der Waals surface area contributed by atoms with Crippen LogP contribution in [0, 0.1) is 0 Å². The first kappa shape index (κ1) is 19.4. The zero-order valence-corrected chi connectivity index (χ0v) is 15.7. The number of benzene rings is 2. The number of carbonyl (C=O) groups is 2. The number of amides is 2. The molecule has 0 atom stereocenters. The lowest BCUT2D eigenvalue weighted by Gasteiger charge is -2.18. The zero-order valence-electron chi connectivity index (χ0n) is 15.7. The number of anilines is 1. The van der Waals surface area contributed by atoms with Gasteiger partial charge < -0.3 is 5.32 Å². The maximum Gasteiger partial charge on any atom is 0.329 e. The third-order valence-electron chi connectivity index (χ3n) is 3.98. The van der Waals surface area contributed by atoms with Crippen molar-refractivity contribution < 1.29 is 9.59 Å². The lowest BCUT2D eigenvalue weighted by atomic mass is 9.87. The van der Waals surface area contributed by atoms with E-state index >= 15 is 0 Å². The molecule has 0 bridgehead atoms. The van der Waals surface area contributed by atoms with Gasteiger partial charge in [-0.15, -0.1) is 0 Å². The first-order valence-electron chi connectivity index (χ1n) is 8.63. The fourth-order valence-electron chi connectivity index (χ4n) is 2.30. The van der Waals surface area contributed by atoms with Gasteiger partial charge in [0.05, 0.1) is 6.21 Å². The van der Waals surface area contributed by atoms with E-state index in [9.17, 15) is 9.59 Å². The normalized spacial score (nSPS) is 11.4. The van der Waals surface area contributed by atoms with E-state index in [1.807, 2.05) is 36.4 Å². The van der Waals surface area contributed by atoms with Gasteiger partial charge in [0.1, 0.15) is 0 Å². The van der Waals surface area contributed by atoms with Crippen LogP contribution in [0.25, 0.3) is 0 Å². The highest BCUT2D eigenvalue weighted by molar-refractivity contribution is 6.39. The summed E-state index contributed by atoms with van der Waals surface area (Å²) in [6, 6.07) is 15.2. The molecule has 2 rings (SSSR count). The minimum atomic E-state index is -0.813. The van der Waals surface area contributed by atoms with Gasteiger partial charge in [0.2, 0.25) is 0 Å². The second-order valence-electron chi connectivity index (χ2n) is 7.08. The monoisotopic (exact) mass is 351 g/mol. The van der Waals surface area contributed by atoms with Gasteiger partial charge in [0.25, 0.3) is 0 Å². The zero-order chi connectivity index (χ0) is 19.2. The maximum absolute atomic E-state index is 11.9. The molecule has 5 heteroatoms. The highest BCUT2D eigenvalue weighted by Gasteiger charge is 2.13. The number of hydrogen-bond donors (Lipinski definition) is 2. The predicted octanol–water partition coefficient (Wildman–Crippen LogP) is 3.64. The van der Waals surface area contributed by atoms with Gasteiger partial charge in [-0.2, -0.15) is 5.10 Å². The van der Waals surface area contributed by atoms with Crippen molar-refractivity contribution in [3.8, 4) is 0 Å². The molecule has 0 aliphatic heterocycles. The van der Waals surface area contributed by atoms with Gasteiger partial charge in [-0.25, -0.2) is 5.43 Å².